The Bertz CT molecular complexity index is 1280. The van der Waals surface area contributed by atoms with Gasteiger partial charge in [-0.15, -0.1) is 5.10 Å². The highest BCUT2D eigenvalue weighted by molar-refractivity contribution is 5.85. The number of alkyl halides is 3. The molecule has 198 valence electrons. The number of carbonyl (C=O) groups is 1. The number of nitrogens with zero attached hydrogens (tertiary/aromatic N) is 8. The lowest BCUT2D eigenvalue weighted by atomic mass is 9.67. The van der Waals surface area contributed by atoms with Crippen molar-refractivity contribution in [3.8, 4) is 11.6 Å². The third kappa shape index (κ3) is 4.16. The first-order valence-electron chi connectivity index (χ1n) is 12.5. The molecule has 1 aliphatic carbocycles. The van der Waals surface area contributed by atoms with Crippen LogP contribution in [-0.4, -0.2) is 91.8 Å². The number of furan rings is 1. The van der Waals surface area contributed by atoms with Gasteiger partial charge in [0.2, 0.25) is 23.6 Å². The van der Waals surface area contributed by atoms with Gasteiger partial charge < -0.3 is 20.0 Å². The summed E-state index contributed by atoms with van der Waals surface area (Å²) < 4.78 is 47.4. The zero-order chi connectivity index (χ0) is 25.8. The minimum Gasteiger partial charge on any atom is -0.461 e. The fourth-order valence-corrected chi connectivity index (χ4v) is 5.60. The lowest BCUT2D eigenvalue weighted by Crippen LogP contribution is -2.58. The third-order valence-corrected chi connectivity index (χ3v) is 7.88. The number of hydrogen-bond donors (Lipinski definition) is 1. The van der Waals surface area contributed by atoms with E-state index in [1.165, 1.54) is 10.8 Å². The van der Waals surface area contributed by atoms with Gasteiger partial charge in [0.15, 0.2) is 5.76 Å². The third-order valence-electron chi connectivity index (χ3n) is 7.88. The van der Waals surface area contributed by atoms with Crippen LogP contribution in [0.2, 0.25) is 0 Å². The van der Waals surface area contributed by atoms with Crippen LogP contribution in [0, 0.1) is 5.41 Å². The molecule has 5 heterocycles. The Morgan fingerprint density at radius 2 is 1.89 bits per heavy atom. The molecule has 0 radical (unpaired) electrons. The van der Waals surface area contributed by atoms with Crippen molar-refractivity contribution in [1.29, 1.82) is 0 Å². The van der Waals surface area contributed by atoms with Crippen molar-refractivity contribution in [1.82, 2.24) is 34.4 Å². The quantitative estimate of drug-likeness (QED) is 0.541. The van der Waals surface area contributed by atoms with E-state index in [-0.39, 0.29) is 37.0 Å². The molecule has 0 aromatic carbocycles. The maximum atomic E-state index is 13.6. The van der Waals surface area contributed by atoms with Crippen LogP contribution in [0.4, 0.5) is 25.1 Å². The van der Waals surface area contributed by atoms with Gasteiger partial charge in [-0.25, -0.2) is 0 Å². The maximum absolute atomic E-state index is 13.6. The normalized spacial score (nSPS) is 22.5. The van der Waals surface area contributed by atoms with Crippen LogP contribution in [0.5, 0.6) is 0 Å². The number of nitrogen functional groups attached to an aromatic ring is 1. The molecule has 3 fully saturated rings. The topological polar surface area (TPSA) is 122 Å². The van der Waals surface area contributed by atoms with Gasteiger partial charge in [-0.2, -0.15) is 32.6 Å². The first kappa shape index (κ1) is 23.9. The smallest absolute Gasteiger partial charge is 0.395 e. The fourth-order valence-electron chi connectivity index (χ4n) is 5.60. The first-order chi connectivity index (χ1) is 17.7. The predicted octanol–water partition coefficient (Wildman–Crippen LogP) is 2.21. The van der Waals surface area contributed by atoms with Crippen LogP contribution in [0.25, 0.3) is 17.4 Å². The molecule has 3 aromatic heterocycles. The predicted molar refractivity (Wildman–Crippen MR) is 126 cm³/mol. The van der Waals surface area contributed by atoms with Gasteiger partial charge in [0.1, 0.15) is 6.04 Å². The van der Waals surface area contributed by atoms with E-state index < -0.39 is 17.6 Å². The molecule has 0 unspecified atom stereocenters. The zero-order valence-corrected chi connectivity index (χ0v) is 20.2. The average Bonchev–Trinajstić information content (AvgIpc) is 3.60. The molecule has 3 aromatic rings. The van der Waals surface area contributed by atoms with Crippen LogP contribution < -0.4 is 10.6 Å². The van der Waals surface area contributed by atoms with E-state index in [0.29, 0.717) is 63.1 Å². The summed E-state index contributed by atoms with van der Waals surface area (Å²) in [6, 6.07) is 2.99. The number of halogens is 3. The Morgan fingerprint density at radius 1 is 1.11 bits per heavy atom. The molecule has 0 bridgehead atoms. The fraction of sp³-hybridized carbons (Fsp3) is 0.609. The molecule has 2 saturated heterocycles. The Kier molecular flexibility index (Phi) is 5.73. The Morgan fingerprint density at radius 3 is 2.54 bits per heavy atom. The summed E-state index contributed by atoms with van der Waals surface area (Å²) in [6.45, 7) is 2.26. The second kappa shape index (κ2) is 8.85. The van der Waals surface area contributed by atoms with Gasteiger partial charge >= 0.3 is 6.18 Å². The number of piperazine rings is 1. The molecular formula is C23H28F3N9O2. The van der Waals surface area contributed by atoms with Gasteiger partial charge in [-0.1, -0.05) is 6.42 Å². The van der Waals surface area contributed by atoms with E-state index in [1.807, 2.05) is 9.80 Å². The minimum absolute atomic E-state index is 0.0135. The highest BCUT2D eigenvalue weighted by atomic mass is 19.4. The van der Waals surface area contributed by atoms with Crippen LogP contribution in [0.3, 0.4) is 0 Å². The van der Waals surface area contributed by atoms with E-state index >= 15 is 0 Å². The summed E-state index contributed by atoms with van der Waals surface area (Å²) in [4.78, 5) is 32.2. The number of carbonyl (C=O) groups excluding carboxylic acids is 1. The number of amides is 1. The van der Waals surface area contributed by atoms with Crippen molar-refractivity contribution in [2.24, 2.45) is 5.41 Å². The second-order valence-electron chi connectivity index (χ2n) is 10.1. The number of rotatable bonds is 5. The number of aromatic nitrogens is 5. The molecule has 11 nitrogen and oxygen atoms in total. The van der Waals surface area contributed by atoms with Crippen molar-refractivity contribution >= 4 is 23.6 Å². The summed E-state index contributed by atoms with van der Waals surface area (Å²) in [5, 5.41) is 4.30. The monoisotopic (exact) mass is 519 g/mol. The number of fused-ring (bicyclic) bond motifs is 1. The van der Waals surface area contributed by atoms with E-state index in [0.717, 1.165) is 6.42 Å². The minimum atomic E-state index is -4.19. The SMILES string of the molecule is Nc1nc(N2CCC[C@H]2C(=O)N2CCN(CC3(C(F)(F)F)CCC3)CC2)nc2nc(-c3ccco3)nn12. The van der Waals surface area contributed by atoms with Gasteiger partial charge in [0, 0.05) is 39.3 Å². The largest absolute Gasteiger partial charge is 0.461 e. The molecule has 37 heavy (non-hydrogen) atoms. The molecule has 0 spiro atoms. The van der Waals surface area contributed by atoms with E-state index in [9.17, 15) is 18.0 Å². The van der Waals surface area contributed by atoms with Gasteiger partial charge in [-0.05, 0) is 37.8 Å². The van der Waals surface area contributed by atoms with Crippen LogP contribution in [0.1, 0.15) is 32.1 Å². The summed E-state index contributed by atoms with van der Waals surface area (Å²) in [6.07, 6.45) is -0.256. The van der Waals surface area contributed by atoms with Crippen LogP contribution in [-0.2, 0) is 4.79 Å². The number of anilines is 2. The Balaban J connectivity index is 1.14. The van der Waals surface area contributed by atoms with Gasteiger partial charge in [-0.3, -0.25) is 9.69 Å². The second-order valence-corrected chi connectivity index (χ2v) is 10.1. The van der Waals surface area contributed by atoms with E-state index in [4.69, 9.17) is 10.2 Å². The molecule has 6 rings (SSSR count). The molecule has 2 aliphatic heterocycles. The zero-order valence-electron chi connectivity index (χ0n) is 20.2. The summed E-state index contributed by atoms with van der Waals surface area (Å²) >= 11 is 0. The molecule has 1 amide bonds. The Labute approximate surface area is 210 Å². The molecular weight excluding hydrogens is 491 g/mol. The Hall–Kier alpha value is -3.42. The molecule has 14 heteroatoms. The number of hydrogen-bond acceptors (Lipinski definition) is 9. The van der Waals surface area contributed by atoms with Crippen molar-refractivity contribution in [3.63, 3.8) is 0 Å². The molecule has 3 aliphatic rings. The van der Waals surface area contributed by atoms with Crippen molar-refractivity contribution < 1.29 is 22.4 Å². The average molecular weight is 520 g/mol. The standard InChI is InChI=1S/C23H28F3N9O2/c24-23(25,26)22(6-3-7-22)14-32-9-11-33(12-10-32)18(36)15-4-1-8-34(15)20-29-19(27)35-21(30-20)28-17(31-35)16-5-2-13-37-16/h2,5,13,15H,1,3-4,6-12,14H2,(H2,27,28,29,30,31)/t15-/m0/s1. The van der Waals surface area contributed by atoms with Crippen molar-refractivity contribution in [2.75, 3.05) is 49.9 Å². The number of nitrogens with two attached hydrogens (primary N) is 1. The summed E-state index contributed by atoms with van der Waals surface area (Å²) in [7, 11) is 0. The molecule has 1 saturated carbocycles. The first-order valence-corrected chi connectivity index (χ1v) is 12.5. The van der Waals surface area contributed by atoms with Gasteiger partial charge in [0.25, 0.3) is 5.78 Å². The van der Waals surface area contributed by atoms with E-state index in [2.05, 4.69) is 20.1 Å². The lowest BCUT2D eigenvalue weighted by Gasteiger charge is -2.47. The highest BCUT2D eigenvalue weighted by Crippen LogP contribution is 2.53. The lowest BCUT2D eigenvalue weighted by molar-refractivity contribution is -0.256. The highest BCUT2D eigenvalue weighted by Gasteiger charge is 2.58. The van der Waals surface area contributed by atoms with Crippen LogP contribution in [0.15, 0.2) is 22.8 Å². The van der Waals surface area contributed by atoms with E-state index in [1.54, 1.807) is 17.0 Å². The molecule has 2 N–H and O–H groups in total. The van der Waals surface area contributed by atoms with Crippen molar-refractivity contribution in [3.05, 3.63) is 18.4 Å². The van der Waals surface area contributed by atoms with Crippen LogP contribution >= 0.6 is 0 Å². The summed E-state index contributed by atoms with van der Waals surface area (Å²) in [5.41, 5.74) is 4.55. The summed E-state index contributed by atoms with van der Waals surface area (Å²) in [5.74, 6) is 1.37. The molecule has 1 atom stereocenters. The van der Waals surface area contributed by atoms with Gasteiger partial charge in [0.05, 0.1) is 11.7 Å². The maximum Gasteiger partial charge on any atom is 0.395 e. The van der Waals surface area contributed by atoms with Crippen molar-refractivity contribution in [2.45, 2.75) is 44.3 Å².